The minimum absolute atomic E-state index is 0.356. The Bertz CT molecular complexity index is 373. The second kappa shape index (κ2) is 7.06. The molecule has 0 spiro atoms. The third-order valence-corrected chi connectivity index (χ3v) is 3.67. The number of hydrogen-bond acceptors (Lipinski definition) is 3. The first-order chi connectivity index (χ1) is 8.82. The van der Waals surface area contributed by atoms with Gasteiger partial charge < -0.3 is 5.32 Å². The summed E-state index contributed by atoms with van der Waals surface area (Å²) >= 11 is 0. The summed E-state index contributed by atoms with van der Waals surface area (Å²) in [5, 5.41) is 8.00. The van der Waals surface area contributed by atoms with Crippen molar-refractivity contribution in [3.63, 3.8) is 0 Å². The Morgan fingerprint density at radius 3 is 2.21 bits per heavy atom. The van der Waals surface area contributed by atoms with Crippen LogP contribution in [-0.4, -0.2) is 39.9 Å². The fourth-order valence-corrected chi connectivity index (χ4v) is 2.68. The van der Waals surface area contributed by atoms with Crippen molar-refractivity contribution in [2.75, 3.05) is 13.1 Å². The molecule has 0 saturated heterocycles. The van der Waals surface area contributed by atoms with Crippen molar-refractivity contribution in [3.05, 3.63) is 17.5 Å². The van der Waals surface area contributed by atoms with Gasteiger partial charge in [0.2, 0.25) is 0 Å². The lowest BCUT2D eigenvalue weighted by atomic mass is 10.1. The average Bonchev–Trinajstić information content (AvgIpc) is 2.62. The highest BCUT2D eigenvalue weighted by Gasteiger charge is 2.14. The predicted octanol–water partition coefficient (Wildman–Crippen LogP) is 2.50. The molecule has 0 aliphatic carbocycles. The van der Waals surface area contributed by atoms with Gasteiger partial charge in [0.25, 0.3) is 0 Å². The van der Waals surface area contributed by atoms with E-state index in [4.69, 9.17) is 0 Å². The standard InChI is InChI=1S/C15H30N4/c1-11(2)19(12(3)4)9-8-16-13(5)15-10-18(7)17-14(15)6/h10-13,16H,8-9H2,1-7H3. The van der Waals surface area contributed by atoms with Crippen LogP contribution in [0.3, 0.4) is 0 Å². The van der Waals surface area contributed by atoms with Crippen LogP contribution in [0.4, 0.5) is 0 Å². The molecule has 110 valence electrons. The van der Waals surface area contributed by atoms with Crippen LogP contribution in [0.1, 0.15) is 51.9 Å². The molecule has 19 heavy (non-hydrogen) atoms. The van der Waals surface area contributed by atoms with Gasteiger partial charge in [-0.1, -0.05) is 0 Å². The maximum absolute atomic E-state index is 4.40. The second-order valence-electron chi connectivity index (χ2n) is 5.94. The SMILES string of the molecule is Cc1nn(C)cc1C(C)NCCN(C(C)C)C(C)C. The Morgan fingerprint density at radius 1 is 1.21 bits per heavy atom. The fourth-order valence-electron chi connectivity index (χ4n) is 2.68. The summed E-state index contributed by atoms with van der Waals surface area (Å²) < 4.78 is 1.89. The normalized spacial score (nSPS) is 13.8. The van der Waals surface area contributed by atoms with Crippen molar-refractivity contribution in [3.8, 4) is 0 Å². The van der Waals surface area contributed by atoms with Crippen molar-refractivity contribution in [2.45, 2.75) is 59.7 Å². The lowest BCUT2D eigenvalue weighted by Crippen LogP contribution is -2.41. The van der Waals surface area contributed by atoms with E-state index in [2.05, 4.69) is 63.1 Å². The van der Waals surface area contributed by atoms with Gasteiger partial charge in [0.1, 0.15) is 0 Å². The molecule has 4 heteroatoms. The largest absolute Gasteiger partial charge is 0.309 e. The molecule has 1 unspecified atom stereocenters. The highest BCUT2D eigenvalue weighted by atomic mass is 15.3. The smallest absolute Gasteiger partial charge is 0.0641 e. The number of nitrogens with zero attached hydrogens (tertiary/aromatic N) is 3. The van der Waals surface area contributed by atoms with E-state index in [-0.39, 0.29) is 0 Å². The molecule has 0 amide bonds. The Morgan fingerprint density at radius 2 is 1.79 bits per heavy atom. The molecule has 4 nitrogen and oxygen atoms in total. The molecule has 0 aromatic carbocycles. The van der Waals surface area contributed by atoms with E-state index in [0.717, 1.165) is 18.8 Å². The zero-order valence-electron chi connectivity index (χ0n) is 13.6. The van der Waals surface area contributed by atoms with Crippen molar-refractivity contribution in [2.24, 2.45) is 7.05 Å². The molecule has 0 bridgehead atoms. The number of nitrogens with one attached hydrogen (secondary N) is 1. The topological polar surface area (TPSA) is 33.1 Å². The number of hydrogen-bond donors (Lipinski definition) is 1. The van der Waals surface area contributed by atoms with E-state index in [0.29, 0.717) is 18.1 Å². The van der Waals surface area contributed by atoms with Crippen LogP contribution in [0.2, 0.25) is 0 Å². The summed E-state index contributed by atoms with van der Waals surface area (Å²) in [4.78, 5) is 2.51. The summed E-state index contributed by atoms with van der Waals surface area (Å²) in [5.74, 6) is 0. The molecule has 1 heterocycles. The highest BCUT2D eigenvalue weighted by Crippen LogP contribution is 2.15. The summed E-state index contributed by atoms with van der Waals surface area (Å²) in [6, 6.07) is 1.55. The Kier molecular flexibility index (Phi) is 6.01. The number of aryl methyl sites for hydroxylation is 2. The third-order valence-electron chi connectivity index (χ3n) is 3.67. The molecule has 0 radical (unpaired) electrons. The van der Waals surface area contributed by atoms with Crippen LogP contribution in [-0.2, 0) is 7.05 Å². The van der Waals surface area contributed by atoms with Crippen LogP contribution in [0.25, 0.3) is 0 Å². The second-order valence-corrected chi connectivity index (χ2v) is 5.94. The van der Waals surface area contributed by atoms with Crippen molar-refractivity contribution in [1.82, 2.24) is 20.0 Å². The van der Waals surface area contributed by atoms with Crippen LogP contribution in [0, 0.1) is 6.92 Å². The summed E-state index contributed by atoms with van der Waals surface area (Å²) in [5.41, 5.74) is 2.41. The minimum atomic E-state index is 0.356. The molecular weight excluding hydrogens is 236 g/mol. The minimum Gasteiger partial charge on any atom is -0.309 e. The van der Waals surface area contributed by atoms with E-state index < -0.39 is 0 Å². The lowest BCUT2D eigenvalue weighted by Gasteiger charge is -2.31. The third kappa shape index (κ3) is 4.62. The number of rotatable bonds is 7. The molecular formula is C15H30N4. The molecule has 1 aromatic heterocycles. The van der Waals surface area contributed by atoms with Crippen molar-refractivity contribution >= 4 is 0 Å². The molecule has 1 aromatic rings. The quantitative estimate of drug-likeness (QED) is 0.823. The highest BCUT2D eigenvalue weighted by molar-refractivity contribution is 5.19. The van der Waals surface area contributed by atoms with E-state index >= 15 is 0 Å². The lowest BCUT2D eigenvalue weighted by molar-refractivity contribution is 0.174. The van der Waals surface area contributed by atoms with Crippen molar-refractivity contribution in [1.29, 1.82) is 0 Å². The molecule has 0 aliphatic rings. The van der Waals surface area contributed by atoms with Crippen molar-refractivity contribution < 1.29 is 0 Å². The van der Waals surface area contributed by atoms with E-state index in [9.17, 15) is 0 Å². The zero-order chi connectivity index (χ0) is 14.6. The summed E-state index contributed by atoms with van der Waals surface area (Å²) in [6.45, 7) is 15.4. The van der Waals surface area contributed by atoms with Gasteiger partial charge in [-0.25, -0.2) is 0 Å². The van der Waals surface area contributed by atoms with Gasteiger partial charge in [-0.3, -0.25) is 9.58 Å². The van der Waals surface area contributed by atoms with Gasteiger partial charge in [-0.05, 0) is 41.5 Å². The maximum atomic E-state index is 4.40. The first kappa shape index (κ1) is 16.2. The number of aromatic nitrogens is 2. The van der Waals surface area contributed by atoms with E-state index in [1.54, 1.807) is 0 Å². The Hall–Kier alpha value is -0.870. The maximum Gasteiger partial charge on any atom is 0.0641 e. The van der Waals surface area contributed by atoms with Gasteiger partial charge in [0.15, 0.2) is 0 Å². The van der Waals surface area contributed by atoms with Gasteiger partial charge in [0.05, 0.1) is 5.69 Å². The molecule has 0 fully saturated rings. The first-order valence-corrected chi connectivity index (χ1v) is 7.32. The molecule has 1 N–H and O–H groups in total. The Labute approximate surface area is 118 Å². The molecule has 1 rings (SSSR count). The Balaban J connectivity index is 2.46. The zero-order valence-corrected chi connectivity index (χ0v) is 13.6. The summed E-state index contributed by atoms with van der Waals surface area (Å²) in [7, 11) is 1.97. The van der Waals surface area contributed by atoms with Gasteiger partial charge in [-0.15, -0.1) is 0 Å². The van der Waals surface area contributed by atoms with Crippen LogP contribution < -0.4 is 5.32 Å². The van der Waals surface area contributed by atoms with Gasteiger partial charge in [-0.2, -0.15) is 5.10 Å². The fraction of sp³-hybridized carbons (Fsp3) is 0.800. The van der Waals surface area contributed by atoms with Crippen LogP contribution >= 0.6 is 0 Å². The van der Waals surface area contributed by atoms with Gasteiger partial charge in [0, 0.05) is 50.0 Å². The molecule has 1 atom stereocenters. The van der Waals surface area contributed by atoms with Crippen LogP contribution in [0.15, 0.2) is 6.20 Å². The molecule has 0 aliphatic heterocycles. The average molecular weight is 266 g/mol. The van der Waals surface area contributed by atoms with Gasteiger partial charge >= 0.3 is 0 Å². The first-order valence-electron chi connectivity index (χ1n) is 7.32. The van der Waals surface area contributed by atoms with Crippen LogP contribution in [0.5, 0.6) is 0 Å². The monoisotopic (exact) mass is 266 g/mol. The molecule has 0 saturated carbocycles. The summed E-state index contributed by atoms with van der Waals surface area (Å²) in [6.07, 6.45) is 2.11. The predicted molar refractivity (Wildman–Crippen MR) is 81.3 cm³/mol. The van der Waals surface area contributed by atoms with E-state index in [1.165, 1.54) is 5.56 Å². The van der Waals surface area contributed by atoms with E-state index in [1.807, 2.05) is 11.7 Å².